The van der Waals surface area contributed by atoms with E-state index in [9.17, 15) is 4.79 Å². The Morgan fingerprint density at radius 3 is 2.88 bits per heavy atom. The molecular weight excluding hydrogens is 238 g/mol. The van der Waals surface area contributed by atoms with E-state index in [1.165, 1.54) is 6.07 Å². The van der Waals surface area contributed by atoms with Gasteiger partial charge in [0.15, 0.2) is 0 Å². The first kappa shape index (κ1) is 13.3. The Balaban J connectivity index is 2.79. The monoisotopic (exact) mass is 251 g/mol. The van der Waals surface area contributed by atoms with Crippen molar-refractivity contribution in [1.29, 1.82) is 5.26 Å². The van der Waals surface area contributed by atoms with Crippen LogP contribution in [0.15, 0.2) is 18.2 Å². The van der Waals surface area contributed by atoms with Crippen LogP contribution in [0.3, 0.4) is 0 Å². The molecule has 0 aliphatic carbocycles. The number of hydrogen-bond donors (Lipinski definition) is 2. The molecule has 0 aromatic heterocycles. The lowest BCUT2D eigenvalue weighted by Crippen LogP contribution is -2.34. The molecule has 0 aliphatic rings. The molecule has 0 fully saturated rings. The van der Waals surface area contributed by atoms with Crippen molar-refractivity contribution >= 4 is 23.2 Å². The molecule has 1 aromatic rings. The third kappa shape index (κ3) is 3.65. The molecule has 0 bridgehead atoms. The zero-order chi connectivity index (χ0) is 12.8. The highest BCUT2D eigenvalue weighted by molar-refractivity contribution is 6.31. The van der Waals surface area contributed by atoms with Gasteiger partial charge < -0.3 is 11.1 Å². The van der Waals surface area contributed by atoms with Gasteiger partial charge in [-0.3, -0.25) is 4.79 Å². The van der Waals surface area contributed by atoms with Gasteiger partial charge in [0.05, 0.1) is 18.1 Å². The van der Waals surface area contributed by atoms with Gasteiger partial charge in [-0.1, -0.05) is 18.5 Å². The number of carbonyl (C=O) groups is 1. The molecule has 1 atom stereocenters. The summed E-state index contributed by atoms with van der Waals surface area (Å²) in [6, 6.07) is 6.60. The van der Waals surface area contributed by atoms with Gasteiger partial charge in [0, 0.05) is 16.8 Å². The fourth-order valence-corrected chi connectivity index (χ4v) is 1.59. The number of nitrogens with two attached hydrogens (primary N) is 1. The summed E-state index contributed by atoms with van der Waals surface area (Å²) >= 11 is 5.75. The van der Waals surface area contributed by atoms with E-state index in [1.807, 2.05) is 13.0 Å². The average Bonchev–Trinajstić information content (AvgIpc) is 2.28. The maximum absolute atomic E-state index is 11.9. The van der Waals surface area contributed by atoms with Crippen LogP contribution in [-0.2, 0) is 0 Å². The first-order chi connectivity index (χ1) is 8.08. The molecule has 0 saturated carbocycles. The van der Waals surface area contributed by atoms with Gasteiger partial charge in [-0.15, -0.1) is 0 Å². The van der Waals surface area contributed by atoms with Crippen molar-refractivity contribution in [3.8, 4) is 6.07 Å². The zero-order valence-corrected chi connectivity index (χ0v) is 10.3. The maximum Gasteiger partial charge on any atom is 0.253 e. The molecule has 1 amide bonds. The number of nitriles is 1. The number of amides is 1. The molecule has 17 heavy (non-hydrogen) atoms. The number of nitrogens with zero attached hydrogens (tertiary/aromatic N) is 1. The van der Waals surface area contributed by atoms with E-state index in [-0.39, 0.29) is 18.4 Å². The van der Waals surface area contributed by atoms with E-state index in [2.05, 4.69) is 5.32 Å². The van der Waals surface area contributed by atoms with Crippen molar-refractivity contribution in [2.45, 2.75) is 25.8 Å². The predicted molar refractivity (Wildman–Crippen MR) is 67.6 cm³/mol. The number of hydrogen-bond acceptors (Lipinski definition) is 3. The Morgan fingerprint density at radius 2 is 2.35 bits per heavy atom. The smallest absolute Gasteiger partial charge is 0.253 e. The minimum Gasteiger partial charge on any atom is -0.398 e. The minimum absolute atomic E-state index is 0.150. The number of halogens is 1. The Morgan fingerprint density at radius 1 is 1.65 bits per heavy atom. The normalized spacial score (nSPS) is 11.6. The number of anilines is 1. The summed E-state index contributed by atoms with van der Waals surface area (Å²) in [6.07, 6.45) is 0.989. The SMILES string of the molecule is CCC(CC#N)NC(=O)c1ccc(Cl)cc1N. The Hall–Kier alpha value is -1.73. The summed E-state index contributed by atoms with van der Waals surface area (Å²) in [7, 11) is 0. The van der Waals surface area contributed by atoms with Gasteiger partial charge in [-0.05, 0) is 24.6 Å². The third-order valence-electron chi connectivity index (χ3n) is 2.42. The summed E-state index contributed by atoms with van der Waals surface area (Å²) in [4.78, 5) is 11.9. The summed E-state index contributed by atoms with van der Waals surface area (Å²) in [5.74, 6) is -0.277. The zero-order valence-electron chi connectivity index (χ0n) is 9.53. The highest BCUT2D eigenvalue weighted by Gasteiger charge is 2.14. The van der Waals surface area contributed by atoms with Crippen molar-refractivity contribution in [3.05, 3.63) is 28.8 Å². The van der Waals surface area contributed by atoms with Crippen LogP contribution < -0.4 is 11.1 Å². The van der Waals surface area contributed by atoms with Crippen LogP contribution in [0.1, 0.15) is 30.1 Å². The van der Waals surface area contributed by atoms with Gasteiger partial charge in [0.2, 0.25) is 0 Å². The lowest BCUT2D eigenvalue weighted by atomic mass is 10.1. The van der Waals surface area contributed by atoms with E-state index < -0.39 is 0 Å². The lowest BCUT2D eigenvalue weighted by molar-refractivity contribution is 0.0937. The lowest BCUT2D eigenvalue weighted by Gasteiger charge is -2.14. The highest BCUT2D eigenvalue weighted by Crippen LogP contribution is 2.18. The van der Waals surface area contributed by atoms with E-state index in [0.717, 1.165) is 0 Å². The van der Waals surface area contributed by atoms with Crippen molar-refractivity contribution < 1.29 is 4.79 Å². The molecule has 0 aliphatic heterocycles. The molecule has 5 heteroatoms. The predicted octanol–water partition coefficient (Wildman–Crippen LogP) is 2.34. The Labute approximate surface area is 105 Å². The van der Waals surface area contributed by atoms with E-state index >= 15 is 0 Å². The number of nitrogen functional groups attached to an aromatic ring is 1. The molecule has 1 unspecified atom stereocenters. The topological polar surface area (TPSA) is 78.9 Å². The third-order valence-corrected chi connectivity index (χ3v) is 2.66. The molecule has 0 radical (unpaired) electrons. The number of benzene rings is 1. The second kappa shape index (κ2) is 6.12. The molecule has 3 N–H and O–H groups in total. The molecule has 1 rings (SSSR count). The average molecular weight is 252 g/mol. The molecule has 1 aromatic carbocycles. The summed E-state index contributed by atoms with van der Waals surface area (Å²) in [5.41, 5.74) is 6.42. The molecule has 0 saturated heterocycles. The molecule has 90 valence electrons. The quantitative estimate of drug-likeness (QED) is 0.806. The number of nitrogens with one attached hydrogen (secondary N) is 1. The second-order valence-electron chi connectivity index (χ2n) is 3.67. The van der Waals surface area contributed by atoms with Crippen LogP contribution in [0.2, 0.25) is 5.02 Å². The van der Waals surface area contributed by atoms with Crippen molar-refractivity contribution in [2.24, 2.45) is 0 Å². The van der Waals surface area contributed by atoms with Crippen molar-refractivity contribution in [3.63, 3.8) is 0 Å². The minimum atomic E-state index is -0.277. The van der Waals surface area contributed by atoms with Crippen LogP contribution in [0, 0.1) is 11.3 Å². The summed E-state index contributed by atoms with van der Waals surface area (Å²) in [5, 5.41) is 11.8. The van der Waals surface area contributed by atoms with Crippen LogP contribution >= 0.6 is 11.6 Å². The van der Waals surface area contributed by atoms with Crippen molar-refractivity contribution in [2.75, 3.05) is 5.73 Å². The fourth-order valence-electron chi connectivity index (χ4n) is 1.41. The Kier molecular flexibility index (Phi) is 4.80. The molecular formula is C12H14ClN3O. The molecule has 0 heterocycles. The van der Waals surface area contributed by atoms with E-state index in [4.69, 9.17) is 22.6 Å². The van der Waals surface area contributed by atoms with E-state index in [0.29, 0.717) is 22.7 Å². The number of rotatable bonds is 4. The highest BCUT2D eigenvalue weighted by atomic mass is 35.5. The summed E-state index contributed by atoms with van der Waals surface area (Å²) < 4.78 is 0. The molecule has 4 nitrogen and oxygen atoms in total. The number of carbonyl (C=O) groups excluding carboxylic acids is 1. The van der Waals surface area contributed by atoms with Crippen molar-refractivity contribution in [1.82, 2.24) is 5.32 Å². The standard InChI is InChI=1S/C12H14ClN3O/c1-2-9(5-6-14)16-12(17)10-4-3-8(13)7-11(10)15/h3-4,7,9H,2,5,15H2,1H3,(H,16,17). The first-order valence-corrected chi connectivity index (χ1v) is 5.69. The van der Waals surface area contributed by atoms with Crippen LogP contribution in [0.4, 0.5) is 5.69 Å². The van der Waals surface area contributed by atoms with Crippen LogP contribution in [0.25, 0.3) is 0 Å². The second-order valence-corrected chi connectivity index (χ2v) is 4.11. The largest absolute Gasteiger partial charge is 0.398 e. The van der Waals surface area contributed by atoms with Gasteiger partial charge >= 0.3 is 0 Å². The Bertz CT molecular complexity index is 454. The van der Waals surface area contributed by atoms with Gasteiger partial charge in [-0.2, -0.15) is 5.26 Å². The first-order valence-electron chi connectivity index (χ1n) is 5.31. The van der Waals surface area contributed by atoms with E-state index in [1.54, 1.807) is 12.1 Å². The molecule has 0 spiro atoms. The van der Waals surface area contributed by atoms with Crippen LogP contribution in [-0.4, -0.2) is 11.9 Å². The van der Waals surface area contributed by atoms with Gasteiger partial charge in [-0.25, -0.2) is 0 Å². The van der Waals surface area contributed by atoms with Gasteiger partial charge in [0.25, 0.3) is 5.91 Å². The fraction of sp³-hybridized carbons (Fsp3) is 0.333. The maximum atomic E-state index is 11.9. The van der Waals surface area contributed by atoms with Crippen LogP contribution in [0.5, 0.6) is 0 Å². The van der Waals surface area contributed by atoms with Gasteiger partial charge in [0.1, 0.15) is 0 Å². The summed E-state index contributed by atoms with van der Waals surface area (Å²) in [6.45, 7) is 1.91.